The Bertz CT molecular complexity index is 1110. The number of amides is 1. The van der Waals surface area contributed by atoms with Gasteiger partial charge in [0.15, 0.2) is 6.61 Å². The number of anilines is 1. The Kier molecular flexibility index (Phi) is 5.18. The number of ether oxygens (including phenoxy) is 1. The number of rotatable bonds is 5. The summed E-state index contributed by atoms with van der Waals surface area (Å²) in [6.45, 7) is 2.95. The third kappa shape index (κ3) is 4.04. The van der Waals surface area contributed by atoms with Gasteiger partial charge in [-0.1, -0.05) is 11.6 Å². The molecule has 1 N–H and O–H groups in total. The minimum Gasteiger partial charge on any atom is -0.450 e. The number of esters is 1. The van der Waals surface area contributed by atoms with E-state index in [0.29, 0.717) is 0 Å². The van der Waals surface area contributed by atoms with Crippen LogP contribution in [0.3, 0.4) is 0 Å². The molecule has 28 heavy (non-hydrogen) atoms. The van der Waals surface area contributed by atoms with Crippen LogP contribution in [0, 0.1) is 24.0 Å². The molecule has 2 aromatic heterocycles. The van der Waals surface area contributed by atoms with Gasteiger partial charge in [0.05, 0.1) is 15.6 Å². The highest BCUT2D eigenvalue weighted by Crippen LogP contribution is 2.26. The fraction of sp³-hybridized carbons (Fsp3) is 0.188. The van der Waals surface area contributed by atoms with Crippen molar-refractivity contribution in [2.24, 2.45) is 0 Å². The van der Waals surface area contributed by atoms with Crippen LogP contribution in [0.4, 0.5) is 11.4 Å². The van der Waals surface area contributed by atoms with Crippen LogP contribution in [-0.4, -0.2) is 43.0 Å². The number of nitro benzene ring substituents is 1. The van der Waals surface area contributed by atoms with Crippen molar-refractivity contribution in [2.45, 2.75) is 13.8 Å². The smallest absolute Gasteiger partial charge is 0.378 e. The summed E-state index contributed by atoms with van der Waals surface area (Å²) in [5, 5.41) is 17.1. The van der Waals surface area contributed by atoms with Gasteiger partial charge in [0, 0.05) is 23.5 Å². The Balaban J connectivity index is 1.64. The van der Waals surface area contributed by atoms with Crippen molar-refractivity contribution in [2.75, 3.05) is 11.9 Å². The number of nitro groups is 1. The summed E-state index contributed by atoms with van der Waals surface area (Å²) < 4.78 is 6.28. The molecule has 0 radical (unpaired) electrons. The monoisotopic (exact) mass is 404 g/mol. The SMILES string of the molecule is Cc1cc(C)n2nc(C(=O)OCC(=O)Nc3ccc([N+](=O)[O-])cc3Cl)nc2n1. The maximum absolute atomic E-state index is 12.1. The molecule has 3 rings (SSSR count). The summed E-state index contributed by atoms with van der Waals surface area (Å²) in [5.74, 6) is -1.57. The molecule has 0 unspecified atom stereocenters. The largest absolute Gasteiger partial charge is 0.450 e. The molecule has 3 aromatic rings. The van der Waals surface area contributed by atoms with Crippen LogP contribution in [0.25, 0.3) is 5.78 Å². The number of aryl methyl sites for hydroxylation is 2. The number of fused-ring (bicyclic) bond motifs is 1. The normalized spacial score (nSPS) is 10.7. The predicted molar refractivity (Wildman–Crippen MR) is 97.3 cm³/mol. The number of halogens is 1. The molecule has 1 aromatic carbocycles. The van der Waals surface area contributed by atoms with Gasteiger partial charge in [-0.2, -0.15) is 4.98 Å². The minimum atomic E-state index is -0.896. The zero-order valence-electron chi connectivity index (χ0n) is 14.7. The molecule has 1 amide bonds. The molecule has 12 heteroatoms. The summed E-state index contributed by atoms with van der Waals surface area (Å²) in [6.07, 6.45) is 0. The third-order valence-electron chi connectivity index (χ3n) is 3.57. The van der Waals surface area contributed by atoms with Crippen LogP contribution in [0.2, 0.25) is 5.02 Å². The van der Waals surface area contributed by atoms with Crippen LogP contribution >= 0.6 is 11.6 Å². The lowest BCUT2D eigenvalue weighted by Crippen LogP contribution is -2.21. The molecule has 0 atom stereocenters. The van der Waals surface area contributed by atoms with Crippen molar-refractivity contribution in [3.63, 3.8) is 0 Å². The summed E-state index contributed by atoms with van der Waals surface area (Å²) >= 11 is 5.89. The first kappa shape index (κ1) is 19.2. The van der Waals surface area contributed by atoms with Crippen molar-refractivity contribution in [3.05, 3.63) is 56.6 Å². The van der Waals surface area contributed by atoms with Gasteiger partial charge < -0.3 is 10.1 Å². The molecule has 0 aliphatic heterocycles. The lowest BCUT2D eigenvalue weighted by molar-refractivity contribution is -0.384. The Morgan fingerprint density at radius 3 is 2.71 bits per heavy atom. The molecule has 0 spiro atoms. The number of nitrogens with zero attached hydrogens (tertiary/aromatic N) is 5. The van der Waals surface area contributed by atoms with Crippen LogP contribution in [0.5, 0.6) is 0 Å². The molecular weight excluding hydrogens is 392 g/mol. The highest BCUT2D eigenvalue weighted by Gasteiger charge is 2.18. The Labute approximate surface area is 162 Å². The van der Waals surface area contributed by atoms with Crippen LogP contribution in [0.1, 0.15) is 22.0 Å². The quantitative estimate of drug-likeness (QED) is 0.387. The van der Waals surface area contributed by atoms with E-state index < -0.39 is 23.4 Å². The lowest BCUT2D eigenvalue weighted by atomic mass is 10.3. The van der Waals surface area contributed by atoms with E-state index >= 15 is 0 Å². The Hall–Kier alpha value is -3.60. The first-order valence-corrected chi connectivity index (χ1v) is 8.24. The van der Waals surface area contributed by atoms with Crippen molar-refractivity contribution in [1.29, 1.82) is 0 Å². The number of nitrogens with one attached hydrogen (secondary N) is 1. The third-order valence-corrected chi connectivity index (χ3v) is 3.89. The number of carbonyl (C=O) groups is 2. The van der Waals surface area contributed by atoms with E-state index in [0.717, 1.165) is 17.5 Å². The topological polar surface area (TPSA) is 142 Å². The number of non-ortho nitro benzene ring substituents is 1. The fourth-order valence-corrected chi connectivity index (χ4v) is 2.58. The van der Waals surface area contributed by atoms with Gasteiger partial charge in [0.2, 0.25) is 0 Å². The molecule has 0 bridgehead atoms. The summed E-state index contributed by atoms with van der Waals surface area (Å²) in [5.41, 5.74) is 1.39. The lowest BCUT2D eigenvalue weighted by Gasteiger charge is -2.07. The number of aromatic nitrogens is 4. The molecule has 0 aliphatic rings. The average molecular weight is 405 g/mol. The number of hydrogen-bond donors (Lipinski definition) is 1. The summed E-state index contributed by atoms with van der Waals surface area (Å²) in [7, 11) is 0. The Morgan fingerprint density at radius 2 is 2.04 bits per heavy atom. The molecule has 0 saturated carbocycles. The molecule has 2 heterocycles. The zero-order valence-corrected chi connectivity index (χ0v) is 15.4. The van der Waals surface area contributed by atoms with Gasteiger partial charge in [-0.05, 0) is 26.0 Å². The van der Waals surface area contributed by atoms with Gasteiger partial charge in [-0.25, -0.2) is 14.3 Å². The molecule has 11 nitrogen and oxygen atoms in total. The van der Waals surface area contributed by atoms with Gasteiger partial charge in [0.1, 0.15) is 0 Å². The average Bonchev–Trinajstić information content (AvgIpc) is 3.05. The highest BCUT2D eigenvalue weighted by atomic mass is 35.5. The van der Waals surface area contributed by atoms with Crippen molar-refractivity contribution < 1.29 is 19.2 Å². The molecule has 0 aliphatic carbocycles. The van der Waals surface area contributed by atoms with E-state index in [9.17, 15) is 19.7 Å². The fourth-order valence-electron chi connectivity index (χ4n) is 2.35. The molecular formula is C16H13ClN6O5. The van der Waals surface area contributed by atoms with E-state index in [2.05, 4.69) is 20.4 Å². The van der Waals surface area contributed by atoms with E-state index in [-0.39, 0.29) is 28.0 Å². The predicted octanol–water partition coefficient (Wildman–Crippen LogP) is 2.10. The summed E-state index contributed by atoms with van der Waals surface area (Å²) in [6, 6.07) is 5.34. The number of carbonyl (C=O) groups excluding carboxylic acids is 2. The minimum absolute atomic E-state index is 0.0205. The van der Waals surface area contributed by atoms with E-state index in [1.165, 1.54) is 16.6 Å². The molecule has 0 fully saturated rings. The van der Waals surface area contributed by atoms with Crippen LogP contribution < -0.4 is 5.32 Å². The number of benzene rings is 1. The van der Waals surface area contributed by atoms with Crippen molar-refractivity contribution in [1.82, 2.24) is 19.6 Å². The van der Waals surface area contributed by atoms with Gasteiger partial charge in [-0.3, -0.25) is 14.9 Å². The number of hydrogen-bond acceptors (Lipinski definition) is 8. The standard InChI is InChI=1S/C16H13ClN6O5/c1-8-5-9(2)22-16(18-8)20-14(21-22)15(25)28-7-13(24)19-12-4-3-10(23(26)27)6-11(12)17/h3-6H,7H2,1-2H3,(H,19,24). The first-order chi connectivity index (χ1) is 13.2. The molecule has 144 valence electrons. The zero-order chi connectivity index (χ0) is 20.4. The van der Waals surface area contributed by atoms with E-state index in [1.807, 2.05) is 0 Å². The van der Waals surface area contributed by atoms with Crippen LogP contribution in [-0.2, 0) is 9.53 Å². The van der Waals surface area contributed by atoms with Crippen molar-refractivity contribution >= 4 is 40.6 Å². The van der Waals surface area contributed by atoms with Crippen molar-refractivity contribution in [3.8, 4) is 0 Å². The summed E-state index contributed by atoms with van der Waals surface area (Å²) in [4.78, 5) is 42.3. The van der Waals surface area contributed by atoms with Gasteiger partial charge in [-0.15, -0.1) is 5.10 Å². The van der Waals surface area contributed by atoms with Gasteiger partial charge >= 0.3 is 5.97 Å². The Morgan fingerprint density at radius 1 is 1.29 bits per heavy atom. The second kappa shape index (κ2) is 7.56. The second-order valence-electron chi connectivity index (χ2n) is 5.73. The maximum Gasteiger partial charge on any atom is 0.378 e. The van der Waals surface area contributed by atoms with E-state index in [1.54, 1.807) is 19.9 Å². The highest BCUT2D eigenvalue weighted by molar-refractivity contribution is 6.34. The van der Waals surface area contributed by atoms with Gasteiger partial charge in [0.25, 0.3) is 23.2 Å². The first-order valence-electron chi connectivity index (χ1n) is 7.86. The molecule has 0 saturated heterocycles. The second-order valence-corrected chi connectivity index (χ2v) is 6.14. The van der Waals surface area contributed by atoms with E-state index in [4.69, 9.17) is 16.3 Å². The maximum atomic E-state index is 12.1. The van der Waals surface area contributed by atoms with Crippen LogP contribution in [0.15, 0.2) is 24.3 Å².